The molecule has 0 saturated carbocycles. The number of carboxylic acids is 4. The summed E-state index contributed by atoms with van der Waals surface area (Å²) in [5.74, 6) is -5.39. The summed E-state index contributed by atoms with van der Waals surface area (Å²) in [6.45, 7) is -2.70. The first-order valence-electron chi connectivity index (χ1n) is 9.28. The molecule has 0 heterocycles. The number of carbonyl (C=O) groups excluding carboxylic acids is 1. The molecule has 1 aromatic carbocycles. The third-order valence-corrected chi connectivity index (χ3v) is 4.72. The average Bonchev–Trinajstić information content (AvgIpc) is 2.66. The number of alkyl halides is 1. The van der Waals surface area contributed by atoms with Gasteiger partial charge in [-0.2, -0.15) is 0 Å². The normalized spacial score (nSPS) is 11.5. The van der Waals surface area contributed by atoms with Crippen LogP contribution >= 0.6 is 15.9 Å². The van der Waals surface area contributed by atoms with Crippen LogP contribution in [0.2, 0.25) is 0 Å². The van der Waals surface area contributed by atoms with Crippen molar-refractivity contribution in [1.82, 2.24) is 9.80 Å². The fraction of sp³-hybridized carbons (Fsp3) is 0.421. The third-order valence-electron chi connectivity index (χ3n) is 4.21. The molecular formula is C19H24BrFeN3O9. The molecule has 0 aromatic heterocycles. The zero-order valence-corrected chi connectivity index (χ0v) is 20.0. The summed E-state index contributed by atoms with van der Waals surface area (Å²) in [6.07, 6.45) is 0.114. The second-order valence-corrected chi connectivity index (χ2v) is 7.45. The van der Waals surface area contributed by atoms with Crippen molar-refractivity contribution in [1.29, 1.82) is 0 Å². The van der Waals surface area contributed by atoms with Gasteiger partial charge in [0.05, 0.1) is 31.5 Å². The van der Waals surface area contributed by atoms with Gasteiger partial charge in [-0.15, -0.1) is 0 Å². The molecular weight excluding hydrogens is 550 g/mol. The van der Waals surface area contributed by atoms with E-state index in [1.807, 2.05) is 0 Å². The van der Waals surface area contributed by atoms with E-state index in [0.717, 1.165) is 9.80 Å². The molecule has 0 saturated heterocycles. The van der Waals surface area contributed by atoms with Crippen LogP contribution in [0.4, 0.5) is 5.69 Å². The SMILES string of the molecule is O=C(O)CN(CC(=O)O)CC(Cc1ccc(NC(=O)CBr)cc1)N(CC(=O)O)CC(=O)O.[Fe]. The van der Waals surface area contributed by atoms with Gasteiger partial charge >= 0.3 is 23.9 Å². The Morgan fingerprint density at radius 3 is 1.67 bits per heavy atom. The number of nitrogens with zero attached hydrogens (tertiary/aromatic N) is 2. The number of nitrogens with one attached hydrogen (secondary N) is 1. The van der Waals surface area contributed by atoms with Gasteiger partial charge in [0, 0.05) is 35.3 Å². The van der Waals surface area contributed by atoms with Gasteiger partial charge in [-0.3, -0.25) is 33.8 Å². The summed E-state index contributed by atoms with van der Waals surface area (Å²) in [7, 11) is 0. The van der Waals surface area contributed by atoms with Crippen molar-refractivity contribution in [3.05, 3.63) is 29.8 Å². The number of anilines is 1. The van der Waals surface area contributed by atoms with Crippen LogP contribution in [-0.4, -0.2) is 104 Å². The molecule has 1 atom stereocenters. The van der Waals surface area contributed by atoms with E-state index in [4.69, 9.17) is 10.2 Å². The van der Waals surface area contributed by atoms with Crippen LogP contribution in [0.15, 0.2) is 24.3 Å². The maximum Gasteiger partial charge on any atom is 0.317 e. The van der Waals surface area contributed by atoms with E-state index in [2.05, 4.69) is 21.2 Å². The summed E-state index contributed by atoms with van der Waals surface area (Å²) >= 11 is 3.03. The molecule has 14 heteroatoms. The van der Waals surface area contributed by atoms with Gasteiger partial charge in [0.2, 0.25) is 5.91 Å². The Balaban J connectivity index is 0.0000102. The minimum absolute atomic E-state index is 0. The number of hydrogen-bond acceptors (Lipinski definition) is 7. The van der Waals surface area contributed by atoms with Crippen LogP contribution in [0.25, 0.3) is 0 Å². The monoisotopic (exact) mass is 573 g/mol. The van der Waals surface area contributed by atoms with Crippen molar-refractivity contribution >= 4 is 51.4 Å². The van der Waals surface area contributed by atoms with Crippen molar-refractivity contribution in [2.75, 3.05) is 43.4 Å². The molecule has 1 amide bonds. The molecule has 1 aromatic rings. The molecule has 33 heavy (non-hydrogen) atoms. The molecule has 5 N–H and O–H groups in total. The van der Waals surface area contributed by atoms with Gasteiger partial charge in [-0.05, 0) is 24.1 Å². The van der Waals surface area contributed by atoms with E-state index in [9.17, 15) is 34.2 Å². The second kappa shape index (κ2) is 15.3. The molecule has 1 rings (SSSR count). The third kappa shape index (κ3) is 12.9. The number of rotatable bonds is 15. The smallest absolute Gasteiger partial charge is 0.317 e. The first-order chi connectivity index (χ1) is 15.0. The topological polar surface area (TPSA) is 185 Å². The standard InChI is InChI=1S/C19H24BrN3O9.Fe/c20-6-15(24)21-13-3-1-12(2-4-13)5-14(23(10-18(29)30)11-19(31)32)7-22(8-16(25)26)9-17(27)28;/h1-4,14H,5-11H2,(H,21,24)(H,25,26)(H,27,28)(H,29,30)(H,31,32);. The number of benzene rings is 1. The number of carbonyl (C=O) groups is 5. The van der Waals surface area contributed by atoms with E-state index in [0.29, 0.717) is 11.3 Å². The van der Waals surface area contributed by atoms with Gasteiger partial charge in [0.1, 0.15) is 0 Å². The average molecular weight is 574 g/mol. The number of amides is 1. The Kier molecular flexibility index (Phi) is 14.2. The summed E-state index contributed by atoms with van der Waals surface area (Å²) in [5.41, 5.74) is 1.17. The number of carboxylic acid groups (broad SMARTS) is 4. The summed E-state index contributed by atoms with van der Waals surface area (Å²) in [4.78, 5) is 58.5. The summed E-state index contributed by atoms with van der Waals surface area (Å²) < 4.78 is 0. The van der Waals surface area contributed by atoms with Crippen molar-refractivity contribution in [2.45, 2.75) is 12.5 Å². The number of aliphatic carboxylic acids is 4. The van der Waals surface area contributed by atoms with E-state index in [-0.39, 0.29) is 41.3 Å². The first-order valence-corrected chi connectivity index (χ1v) is 10.4. The Bertz CT molecular complexity index is 806. The largest absolute Gasteiger partial charge is 0.480 e. The Labute approximate surface area is 208 Å². The van der Waals surface area contributed by atoms with Crippen molar-refractivity contribution in [2.24, 2.45) is 0 Å². The van der Waals surface area contributed by atoms with Gasteiger partial charge in [-0.1, -0.05) is 28.1 Å². The van der Waals surface area contributed by atoms with E-state index in [1.54, 1.807) is 24.3 Å². The fourth-order valence-corrected chi connectivity index (χ4v) is 3.17. The molecule has 0 bridgehead atoms. The quantitative estimate of drug-likeness (QED) is 0.139. The van der Waals surface area contributed by atoms with E-state index in [1.165, 1.54) is 0 Å². The minimum atomic E-state index is -1.29. The van der Waals surface area contributed by atoms with Gasteiger partial charge in [-0.25, -0.2) is 0 Å². The first kappa shape index (κ1) is 30.5. The predicted molar refractivity (Wildman–Crippen MR) is 115 cm³/mol. The van der Waals surface area contributed by atoms with Crippen LogP contribution < -0.4 is 5.32 Å². The Hall–Kier alpha value is -2.51. The van der Waals surface area contributed by atoms with E-state index < -0.39 is 56.1 Å². The predicted octanol–water partition coefficient (Wildman–Crippen LogP) is -0.129. The maximum atomic E-state index is 11.5. The zero-order chi connectivity index (χ0) is 24.3. The fourth-order valence-electron chi connectivity index (χ4n) is 3.03. The minimum Gasteiger partial charge on any atom is -0.480 e. The second-order valence-electron chi connectivity index (χ2n) is 6.89. The van der Waals surface area contributed by atoms with Crippen molar-refractivity contribution in [3.63, 3.8) is 0 Å². The van der Waals surface area contributed by atoms with Crippen LogP contribution in [0.5, 0.6) is 0 Å². The molecule has 0 aliphatic heterocycles. The molecule has 0 fully saturated rings. The van der Waals surface area contributed by atoms with Crippen LogP contribution in [-0.2, 0) is 47.5 Å². The van der Waals surface area contributed by atoms with Gasteiger partial charge in [0.15, 0.2) is 0 Å². The van der Waals surface area contributed by atoms with Crippen molar-refractivity contribution < 1.29 is 61.5 Å². The van der Waals surface area contributed by atoms with Crippen molar-refractivity contribution in [3.8, 4) is 0 Å². The molecule has 184 valence electrons. The molecule has 0 aliphatic carbocycles. The Morgan fingerprint density at radius 2 is 1.27 bits per heavy atom. The zero-order valence-electron chi connectivity index (χ0n) is 17.3. The summed E-state index contributed by atoms with van der Waals surface area (Å²) in [5, 5.41) is 39.3. The van der Waals surface area contributed by atoms with E-state index >= 15 is 0 Å². The molecule has 0 radical (unpaired) electrons. The summed E-state index contributed by atoms with van der Waals surface area (Å²) in [6, 6.07) is 5.70. The van der Waals surface area contributed by atoms with Gasteiger partial charge < -0.3 is 25.7 Å². The van der Waals surface area contributed by atoms with Crippen LogP contribution in [0.1, 0.15) is 5.56 Å². The van der Waals surface area contributed by atoms with Crippen LogP contribution in [0, 0.1) is 0 Å². The molecule has 12 nitrogen and oxygen atoms in total. The Morgan fingerprint density at radius 1 is 0.818 bits per heavy atom. The van der Waals surface area contributed by atoms with Gasteiger partial charge in [0.25, 0.3) is 0 Å². The molecule has 1 unspecified atom stereocenters. The van der Waals surface area contributed by atoms with Crippen LogP contribution in [0.3, 0.4) is 0 Å². The molecule has 0 aliphatic rings. The molecule has 0 spiro atoms. The maximum absolute atomic E-state index is 11.5. The number of hydrogen-bond donors (Lipinski definition) is 5. The number of halogens is 1.